The second kappa shape index (κ2) is 17.6. The first kappa shape index (κ1) is 34.1. The highest BCUT2D eigenvalue weighted by Crippen LogP contribution is 2.31. The number of carbonyl (C=O) groups excluding carboxylic acids is 3. The molecule has 0 aliphatic rings. The molecule has 0 aromatic heterocycles. The van der Waals surface area contributed by atoms with E-state index in [1.807, 2.05) is 27.7 Å². The Balaban J connectivity index is 3.05. The molecule has 220 valence electrons. The summed E-state index contributed by atoms with van der Waals surface area (Å²) in [6.45, 7) is 13.2. The van der Waals surface area contributed by atoms with Gasteiger partial charge < -0.3 is 24.6 Å². The van der Waals surface area contributed by atoms with Crippen LogP contribution in [0.2, 0.25) is 0 Å². The van der Waals surface area contributed by atoms with E-state index in [1.54, 1.807) is 26.8 Å². The summed E-state index contributed by atoms with van der Waals surface area (Å²) in [6.07, 6.45) is 4.09. The Hall–Kier alpha value is -2.94. The molecule has 0 saturated carbocycles. The van der Waals surface area contributed by atoms with Crippen LogP contribution in [0, 0.1) is 17.8 Å². The van der Waals surface area contributed by atoms with Gasteiger partial charge in [-0.15, -0.1) is 0 Å². The standard InChI is InChI=1S/C30H47NO8/c1-8-11-19(4)28(34)37-22(7)18-31-24(27(32)33)16-23-14-15-25(38-29(35)20(5)12-9-2)26(17-23)39-30(36)21(6)13-10-3/h14-15,17,19-22,24,31H,8-13,16,18H2,1-7H3,(H,32,33)/t19?,20?,21?,22?,24-/m0/s1. The molecule has 0 bridgehead atoms. The van der Waals surface area contributed by atoms with Gasteiger partial charge in [0.1, 0.15) is 12.1 Å². The Kier molecular flexibility index (Phi) is 15.4. The van der Waals surface area contributed by atoms with Gasteiger partial charge in [-0.05, 0) is 50.3 Å². The third kappa shape index (κ3) is 12.2. The maximum Gasteiger partial charge on any atom is 0.321 e. The van der Waals surface area contributed by atoms with Gasteiger partial charge in [0, 0.05) is 6.54 Å². The Morgan fingerprint density at radius 2 is 1.26 bits per heavy atom. The topological polar surface area (TPSA) is 128 Å². The van der Waals surface area contributed by atoms with Crippen LogP contribution in [0.1, 0.15) is 92.6 Å². The van der Waals surface area contributed by atoms with Crippen LogP contribution in [0.25, 0.3) is 0 Å². The molecule has 1 rings (SSSR count). The molecule has 2 N–H and O–H groups in total. The lowest BCUT2D eigenvalue weighted by Crippen LogP contribution is -2.43. The largest absolute Gasteiger partial charge is 0.480 e. The van der Waals surface area contributed by atoms with Gasteiger partial charge in [-0.1, -0.05) is 66.9 Å². The fraction of sp³-hybridized carbons (Fsp3) is 0.667. The summed E-state index contributed by atoms with van der Waals surface area (Å²) < 4.78 is 16.6. The zero-order chi connectivity index (χ0) is 29.5. The molecule has 9 heteroatoms. The molecular weight excluding hydrogens is 502 g/mol. The summed E-state index contributed by atoms with van der Waals surface area (Å²) in [5.74, 6) is -2.95. The van der Waals surface area contributed by atoms with Crippen LogP contribution >= 0.6 is 0 Å². The van der Waals surface area contributed by atoms with Crippen LogP contribution in [0.5, 0.6) is 11.5 Å². The fourth-order valence-corrected chi connectivity index (χ4v) is 4.06. The van der Waals surface area contributed by atoms with Crippen LogP contribution in [-0.2, 0) is 30.3 Å². The van der Waals surface area contributed by atoms with Crippen molar-refractivity contribution < 1.29 is 38.5 Å². The van der Waals surface area contributed by atoms with Crippen LogP contribution in [-0.4, -0.2) is 47.7 Å². The highest BCUT2D eigenvalue weighted by Gasteiger charge is 2.24. The summed E-state index contributed by atoms with van der Waals surface area (Å²) in [7, 11) is 0. The number of hydrogen-bond acceptors (Lipinski definition) is 8. The SMILES string of the molecule is CCCC(C)C(=O)Oc1ccc(C[C@H](NCC(C)OC(=O)C(C)CCC)C(=O)O)cc1OC(=O)C(C)CCC. The summed E-state index contributed by atoms with van der Waals surface area (Å²) in [5, 5.41) is 12.7. The smallest absolute Gasteiger partial charge is 0.321 e. The summed E-state index contributed by atoms with van der Waals surface area (Å²) in [4.78, 5) is 49.4. The zero-order valence-corrected chi connectivity index (χ0v) is 24.6. The fourth-order valence-electron chi connectivity index (χ4n) is 4.06. The van der Waals surface area contributed by atoms with Gasteiger partial charge in [0.2, 0.25) is 0 Å². The molecule has 0 amide bonds. The van der Waals surface area contributed by atoms with Crippen LogP contribution in [0.15, 0.2) is 18.2 Å². The van der Waals surface area contributed by atoms with Crippen LogP contribution in [0.3, 0.4) is 0 Å². The molecular formula is C30H47NO8. The van der Waals surface area contributed by atoms with Gasteiger partial charge in [0.15, 0.2) is 11.5 Å². The maximum absolute atomic E-state index is 12.7. The second-order valence-electron chi connectivity index (χ2n) is 10.4. The molecule has 9 nitrogen and oxygen atoms in total. The van der Waals surface area contributed by atoms with Crippen LogP contribution < -0.4 is 14.8 Å². The quantitative estimate of drug-likeness (QED) is 0.185. The number of carboxylic acid groups (broad SMARTS) is 1. The number of nitrogens with one attached hydrogen (secondary N) is 1. The average molecular weight is 550 g/mol. The summed E-state index contributed by atoms with van der Waals surface area (Å²) in [6, 6.07) is 3.72. The summed E-state index contributed by atoms with van der Waals surface area (Å²) in [5.41, 5.74) is 0.573. The van der Waals surface area contributed by atoms with Gasteiger partial charge in [-0.2, -0.15) is 0 Å². The van der Waals surface area contributed by atoms with Crippen molar-refractivity contribution in [3.8, 4) is 11.5 Å². The van der Waals surface area contributed by atoms with Crippen molar-refractivity contribution in [1.29, 1.82) is 0 Å². The molecule has 0 aliphatic heterocycles. The normalized spacial score (nSPS) is 14.9. The molecule has 39 heavy (non-hydrogen) atoms. The molecule has 4 unspecified atom stereocenters. The highest BCUT2D eigenvalue weighted by molar-refractivity contribution is 5.78. The monoisotopic (exact) mass is 549 g/mol. The molecule has 0 fully saturated rings. The third-order valence-corrected chi connectivity index (χ3v) is 6.51. The van der Waals surface area contributed by atoms with E-state index in [9.17, 15) is 24.3 Å². The second-order valence-corrected chi connectivity index (χ2v) is 10.4. The number of carbonyl (C=O) groups is 4. The zero-order valence-electron chi connectivity index (χ0n) is 24.6. The average Bonchev–Trinajstić information content (AvgIpc) is 2.87. The number of hydrogen-bond donors (Lipinski definition) is 2. The van der Waals surface area contributed by atoms with Gasteiger partial charge in [-0.25, -0.2) is 0 Å². The van der Waals surface area contributed by atoms with Crippen molar-refractivity contribution in [1.82, 2.24) is 5.32 Å². The van der Waals surface area contributed by atoms with Gasteiger partial charge in [0.25, 0.3) is 0 Å². The van der Waals surface area contributed by atoms with Crippen molar-refractivity contribution >= 4 is 23.9 Å². The predicted octanol–water partition coefficient (Wildman–Crippen LogP) is 5.32. The molecule has 1 aromatic rings. The Labute approximate surface area is 233 Å². The highest BCUT2D eigenvalue weighted by atomic mass is 16.6. The van der Waals surface area contributed by atoms with E-state index in [1.165, 1.54) is 12.1 Å². The van der Waals surface area contributed by atoms with Crippen molar-refractivity contribution in [2.45, 2.75) is 106 Å². The number of benzene rings is 1. The van der Waals surface area contributed by atoms with E-state index in [-0.39, 0.29) is 48.2 Å². The first-order chi connectivity index (χ1) is 18.4. The number of ether oxygens (including phenoxy) is 3. The maximum atomic E-state index is 12.7. The minimum atomic E-state index is -1.08. The minimum absolute atomic E-state index is 0.0672. The first-order valence-electron chi connectivity index (χ1n) is 14.2. The van der Waals surface area contributed by atoms with E-state index in [4.69, 9.17) is 14.2 Å². The molecule has 0 spiro atoms. The minimum Gasteiger partial charge on any atom is -0.480 e. The molecule has 0 radical (unpaired) electrons. The molecule has 0 aliphatic carbocycles. The molecule has 0 heterocycles. The van der Waals surface area contributed by atoms with Crippen molar-refractivity contribution in [3.05, 3.63) is 23.8 Å². The Morgan fingerprint density at radius 3 is 1.74 bits per heavy atom. The number of esters is 3. The van der Waals surface area contributed by atoms with Crippen LogP contribution in [0.4, 0.5) is 0 Å². The van der Waals surface area contributed by atoms with E-state index in [0.717, 1.165) is 25.7 Å². The van der Waals surface area contributed by atoms with Crippen molar-refractivity contribution in [2.75, 3.05) is 6.54 Å². The summed E-state index contributed by atoms with van der Waals surface area (Å²) >= 11 is 0. The lowest BCUT2D eigenvalue weighted by atomic mass is 10.0. The number of aliphatic carboxylic acids is 1. The predicted molar refractivity (Wildman–Crippen MR) is 149 cm³/mol. The molecule has 1 aromatic carbocycles. The van der Waals surface area contributed by atoms with Crippen molar-refractivity contribution in [3.63, 3.8) is 0 Å². The lowest BCUT2D eigenvalue weighted by molar-refractivity contribution is -0.152. The third-order valence-electron chi connectivity index (χ3n) is 6.51. The van der Waals surface area contributed by atoms with E-state index in [0.29, 0.717) is 18.4 Å². The number of rotatable bonds is 18. The van der Waals surface area contributed by atoms with E-state index >= 15 is 0 Å². The molecule has 5 atom stereocenters. The molecule has 0 saturated heterocycles. The van der Waals surface area contributed by atoms with Gasteiger partial charge >= 0.3 is 23.9 Å². The van der Waals surface area contributed by atoms with Crippen molar-refractivity contribution in [2.24, 2.45) is 17.8 Å². The first-order valence-corrected chi connectivity index (χ1v) is 14.2. The van der Waals surface area contributed by atoms with E-state index in [2.05, 4.69) is 5.32 Å². The number of carboxylic acids is 1. The Bertz CT molecular complexity index is 947. The van der Waals surface area contributed by atoms with Gasteiger partial charge in [0.05, 0.1) is 17.8 Å². The lowest BCUT2D eigenvalue weighted by Gasteiger charge is -2.21. The van der Waals surface area contributed by atoms with E-state index < -0.39 is 30.1 Å². The van der Waals surface area contributed by atoms with Gasteiger partial charge in [-0.3, -0.25) is 19.2 Å². The Morgan fingerprint density at radius 1 is 0.769 bits per heavy atom.